The molecule has 2 unspecified atom stereocenters. The number of thioether (sulfide) groups is 1. The van der Waals surface area contributed by atoms with E-state index in [1.54, 1.807) is 6.20 Å². The zero-order valence-electron chi connectivity index (χ0n) is 14.3. The van der Waals surface area contributed by atoms with Gasteiger partial charge < -0.3 is 4.74 Å². The maximum Gasteiger partial charge on any atom is 0.319 e. The van der Waals surface area contributed by atoms with Crippen molar-refractivity contribution in [1.29, 1.82) is 0 Å². The minimum Gasteiger partial charge on any atom is -0.468 e. The Hall–Kier alpha value is -1.29. The number of methoxy groups -OCH3 is 1. The lowest BCUT2D eigenvalue weighted by Crippen LogP contribution is -2.22. The Bertz CT molecular complexity index is 529. The molecule has 3 nitrogen and oxygen atoms in total. The number of ether oxygens (including phenoxy) is 1. The first-order chi connectivity index (χ1) is 11.1. The number of aromatic nitrogens is 1. The molecule has 0 saturated heterocycles. The molecule has 3 atom stereocenters. The number of nitrogens with zero attached hydrogens (tertiary/aromatic N) is 1. The lowest BCUT2D eigenvalue weighted by atomic mass is 9.80. The van der Waals surface area contributed by atoms with Gasteiger partial charge in [0.1, 0.15) is 5.25 Å². The predicted octanol–water partition coefficient (Wildman–Crippen LogP) is 4.88. The van der Waals surface area contributed by atoms with Crippen molar-refractivity contribution in [3.05, 3.63) is 36.0 Å². The minimum absolute atomic E-state index is 0.146. The molecule has 4 heteroatoms. The molecule has 1 aliphatic rings. The number of hydrogen-bond donors (Lipinski definition) is 0. The van der Waals surface area contributed by atoms with Crippen LogP contribution >= 0.6 is 11.8 Å². The Labute approximate surface area is 143 Å². The second-order valence-corrected chi connectivity index (χ2v) is 7.66. The molecule has 0 spiro atoms. The standard InChI is InChI=1S/C19H27NO2S/c1-14-7-10-16(11-8-14)15(2)9-12-17(19(21)22-3)23-18-6-4-5-13-20-18/h4-7,13,15-17H,8-12H2,1-3H3/t15?,16-,17?/m1/s1. The average Bonchev–Trinajstić information content (AvgIpc) is 2.59. The third-order valence-corrected chi connectivity index (χ3v) is 5.93. The molecular weight excluding hydrogens is 306 g/mol. The number of carbonyl (C=O) groups is 1. The van der Waals surface area contributed by atoms with Gasteiger partial charge in [0.15, 0.2) is 0 Å². The van der Waals surface area contributed by atoms with Crippen LogP contribution < -0.4 is 0 Å². The fraction of sp³-hybridized carbons (Fsp3) is 0.579. The Balaban J connectivity index is 1.89. The van der Waals surface area contributed by atoms with E-state index in [-0.39, 0.29) is 11.2 Å². The first kappa shape index (κ1) is 18.1. The number of carbonyl (C=O) groups excluding carboxylic acids is 1. The maximum absolute atomic E-state index is 12.1. The topological polar surface area (TPSA) is 39.2 Å². The van der Waals surface area contributed by atoms with Crippen LogP contribution in [0.4, 0.5) is 0 Å². The normalized spacial score (nSPS) is 20.5. The van der Waals surface area contributed by atoms with Crippen LogP contribution in [0, 0.1) is 11.8 Å². The van der Waals surface area contributed by atoms with Crippen molar-refractivity contribution < 1.29 is 9.53 Å². The molecule has 1 aliphatic carbocycles. The summed E-state index contributed by atoms with van der Waals surface area (Å²) in [6, 6.07) is 5.78. The molecule has 126 valence electrons. The highest BCUT2D eigenvalue weighted by molar-refractivity contribution is 8.00. The molecule has 0 fully saturated rings. The first-order valence-corrected chi connectivity index (χ1v) is 9.29. The summed E-state index contributed by atoms with van der Waals surface area (Å²) in [5, 5.41) is 0.713. The van der Waals surface area contributed by atoms with Crippen molar-refractivity contribution in [2.45, 2.75) is 56.2 Å². The molecule has 0 amide bonds. The summed E-state index contributed by atoms with van der Waals surface area (Å²) in [5.41, 5.74) is 1.52. The Morgan fingerprint density at radius 1 is 1.43 bits per heavy atom. The van der Waals surface area contributed by atoms with Crippen LogP contribution in [0.3, 0.4) is 0 Å². The van der Waals surface area contributed by atoms with E-state index in [9.17, 15) is 4.79 Å². The van der Waals surface area contributed by atoms with E-state index in [2.05, 4.69) is 24.9 Å². The van der Waals surface area contributed by atoms with Crippen LogP contribution in [0.15, 0.2) is 41.1 Å². The summed E-state index contributed by atoms with van der Waals surface area (Å²) in [5.74, 6) is 1.24. The van der Waals surface area contributed by atoms with E-state index in [1.807, 2.05) is 18.2 Å². The lowest BCUT2D eigenvalue weighted by Gasteiger charge is -2.27. The Morgan fingerprint density at radius 2 is 2.26 bits per heavy atom. The van der Waals surface area contributed by atoms with Gasteiger partial charge in [0, 0.05) is 6.20 Å². The first-order valence-electron chi connectivity index (χ1n) is 8.41. The molecule has 1 aromatic heterocycles. The summed E-state index contributed by atoms with van der Waals surface area (Å²) in [6.07, 6.45) is 9.72. The van der Waals surface area contributed by atoms with Gasteiger partial charge in [-0.25, -0.2) is 4.98 Å². The average molecular weight is 333 g/mol. The molecule has 0 N–H and O–H groups in total. The molecule has 0 bridgehead atoms. The molecule has 0 radical (unpaired) electrons. The Kier molecular flexibility index (Phi) is 7.15. The van der Waals surface area contributed by atoms with Crippen molar-refractivity contribution in [3.8, 4) is 0 Å². The highest BCUT2D eigenvalue weighted by Crippen LogP contribution is 2.34. The van der Waals surface area contributed by atoms with Gasteiger partial charge in [0.25, 0.3) is 0 Å². The van der Waals surface area contributed by atoms with E-state index in [0.717, 1.165) is 23.8 Å². The number of allylic oxidation sites excluding steroid dienone is 2. The van der Waals surface area contributed by atoms with E-state index < -0.39 is 0 Å². The molecule has 0 aliphatic heterocycles. The number of rotatable bonds is 7. The summed E-state index contributed by atoms with van der Waals surface area (Å²) in [6.45, 7) is 4.54. The second kappa shape index (κ2) is 9.11. The van der Waals surface area contributed by atoms with Crippen LogP contribution in [0.1, 0.15) is 46.0 Å². The SMILES string of the molecule is COC(=O)C(CCC(C)[C@@H]1CC=C(C)CC1)Sc1ccccn1. The summed E-state index contributed by atoms with van der Waals surface area (Å²) >= 11 is 1.51. The molecule has 0 aromatic carbocycles. The van der Waals surface area contributed by atoms with Gasteiger partial charge >= 0.3 is 5.97 Å². The summed E-state index contributed by atoms with van der Waals surface area (Å²) in [7, 11) is 1.46. The third-order valence-electron chi connectivity index (χ3n) is 4.73. The van der Waals surface area contributed by atoms with Gasteiger partial charge in [-0.1, -0.05) is 36.4 Å². The van der Waals surface area contributed by atoms with Crippen LogP contribution in [-0.4, -0.2) is 23.3 Å². The zero-order chi connectivity index (χ0) is 16.7. The van der Waals surface area contributed by atoms with E-state index in [1.165, 1.54) is 43.7 Å². The fourth-order valence-corrected chi connectivity index (χ4v) is 4.09. The molecule has 1 heterocycles. The van der Waals surface area contributed by atoms with Gasteiger partial charge in [-0.3, -0.25) is 4.79 Å². The largest absolute Gasteiger partial charge is 0.468 e. The predicted molar refractivity (Wildman–Crippen MR) is 95.4 cm³/mol. The molecule has 1 aromatic rings. The number of hydrogen-bond acceptors (Lipinski definition) is 4. The quantitative estimate of drug-likeness (QED) is 0.405. The fourth-order valence-electron chi connectivity index (χ4n) is 3.07. The van der Waals surface area contributed by atoms with Gasteiger partial charge in [-0.05, 0) is 63.0 Å². The third kappa shape index (κ3) is 5.69. The van der Waals surface area contributed by atoms with Gasteiger partial charge in [-0.15, -0.1) is 0 Å². The zero-order valence-corrected chi connectivity index (χ0v) is 15.1. The highest BCUT2D eigenvalue weighted by atomic mass is 32.2. The van der Waals surface area contributed by atoms with Gasteiger partial charge in [0.2, 0.25) is 0 Å². The van der Waals surface area contributed by atoms with Crippen molar-refractivity contribution in [3.63, 3.8) is 0 Å². The summed E-state index contributed by atoms with van der Waals surface area (Å²) < 4.78 is 4.98. The molecule has 23 heavy (non-hydrogen) atoms. The summed E-state index contributed by atoms with van der Waals surface area (Å²) in [4.78, 5) is 16.4. The maximum atomic E-state index is 12.1. The van der Waals surface area contributed by atoms with Crippen molar-refractivity contribution in [1.82, 2.24) is 4.98 Å². The smallest absolute Gasteiger partial charge is 0.319 e. The number of esters is 1. The molecule has 2 rings (SSSR count). The minimum atomic E-state index is -0.168. The van der Waals surface area contributed by atoms with Crippen LogP contribution in [0.5, 0.6) is 0 Å². The van der Waals surface area contributed by atoms with E-state index >= 15 is 0 Å². The van der Waals surface area contributed by atoms with Crippen LogP contribution in [0.2, 0.25) is 0 Å². The monoisotopic (exact) mass is 333 g/mol. The van der Waals surface area contributed by atoms with Gasteiger partial charge in [0.05, 0.1) is 12.1 Å². The van der Waals surface area contributed by atoms with Crippen LogP contribution in [0.25, 0.3) is 0 Å². The van der Waals surface area contributed by atoms with Crippen molar-refractivity contribution >= 4 is 17.7 Å². The highest BCUT2D eigenvalue weighted by Gasteiger charge is 2.25. The van der Waals surface area contributed by atoms with Gasteiger partial charge in [-0.2, -0.15) is 0 Å². The van der Waals surface area contributed by atoms with E-state index in [4.69, 9.17) is 4.74 Å². The van der Waals surface area contributed by atoms with Crippen LogP contribution in [-0.2, 0) is 9.53 Å². The molecule has 0 saturated carbocycles. The van der Waals surface area contributed by atoms with Crippen molar-refractivity contribution in [2.75, 3.05) is 7.11 Å². The second-order valence-electron chi connectivity index (χ2n) is 6.44. The Morgan fingerprint density at radius 3 is 2.87 bits per heavy atom. The lowest BCUT2D eigenvalue weighted by molar-refractivity contribution is -0.140. The number of pyridine rings is 1. The van der Waals surface area contributed by atoms with E-state index in [0.29, 0.717) is 5.92 Å². The van der Waals surface area contributed by atoms with Crippen molar-refractivity contribution in [2.24, 2.45) is 11.8 Å². The molecular formula is C19H27NO2S.